The fraction of sp³-hybridized carbons (Fsp3) is 0.773. The summed E-state index contributed by atoms with van der Waals surface area (Å²) in [4.78, 5) is 12.6. The third-order valence-electron chi connectivity index (χ3n) is 8.46. The zero-order chi connectivity index (χ0) is 17.4. The molecule has 2 bridgehead atoms. The molecule has 25 heavy (non-hydrogen) atoms. The maximum Gasteiger partial charge on any atom is 0.139 e. The van der Waals surface area contributed by atoms with Crippen molar-refractivity contribution in [3.8, 4) is 0 Å². The van der Waals surface area contributed by atoms with Gasteiger partial charge in [0.15, 0.2) is 0 Å². The number of hydrogen-bond acceptors (Lipinski definition) is 3. The standard InChI is InChI=1S/C22H31NO2/c1-14-10-17-11-16-6-7-20(2)18(4-5-19(20)24)22(16)9-8-21(17,25-22)12-15(14)13-23-3/h10-11,14-15,18,23H,4-9,12-13H2,1-3H3/t14-,15+,18+,20-,21+,22+/m0/s1. The topological polar surface area (TPSA) is 38.3 Å². The molecule has 136 valence electrons. The highest BCUT2D eigenvalue weighted by molar-refractivity contribution is 5.87. The Bertz CT molecular complexity index is 694. The Hall–Kier alpha value is -0.930. The lowest BCUT2D eigenvalue weighted by Gasteiger charge is -2.54. The van der Waals surface area contributed by atoms with E-state index in [1.165, 1.54) is 11.1 Å². The number of hydrogen-bond donors (Lipinski definition) is 1. The van der Waals surface area contributed by atoms with Gasteiger partial charge in [0, 0.05) is 17.8 Å². The van der Waals surface area contributed by atoms with Crippen molar-refractivity contribution in [3.63, 3.8) is 0 Å². The van der Waals surface area contributed by atoms with Crippen LogP contribution in [0.3, 0.4) is 0 Å². The molecule has 0 aromatic rings. The molecule has 6 atom stereocenters. The Morgan fingerprint density at radius 3 is 2.92 bits per heavy atom. The van der Waals surface area contributed by atoms with Gasteiger partial charge in [-0.1, -0.05) is 26.0 Å². The lowest BCUT2D eigenvalue weighted by Crippen LogP contribution is -2.55. The molecule has 0 amide bonds. The van der Waals surface area contributed by atoms with E-state index in [9.17, 15) is 4.79 Å². The van der Waals surface area contributed by atoms with Crippen molar-refractivity contribution in [2.24, 2.45) is 23.2 Å². The molecule has 1 saturated heterocycles. The number of ketones is 1. The number of rotatable bonds is 2. The lowest BCUT2D eigenvalue weighted by molar-refractivity contribution is -0.153. The van der Waals surface area contributed by atoms with Crippen molar-refractivity contribution >= 4 is 5.78 Å². The van der Waals surface area contributed by atoms with Crippen molar-refractivity contribution in [1.29, 1.82) is 0 Å². The van der Waals surface area contributed by atoms with E-state index in [2.05, 4.69) is 38.4 Å². The van der Waals surface area contributed by atoms with E-state index in [0.717, 1.165) is 51.5 Å². The first-order chi connectivity index (χ1) is 11.9. The van der Waals surface area contributed by atoms with E-state index in [-0.39, 0.29) is 16.6 Å². The molecule has 5 rings (SSSR count). The van der Waals surface area contributed by atoms with E-state index in [1.807, 2.05) is 0 Å². The van der Waals surface area contributed by atoms with E-state index < -0.39 is 0 Å². The van der Waals surface area contributed by atoms with Crippen molar-refractivity contribution in [2.45, 2.75) is 70.0 Å². The first-order valence-corrected chi connectivity index (χ1v) is 10.2. The Kier molecular flexibility index (Phi) is 3.30. The lowest BCUT2D eigenvalue weighted by atomic mass is 9.59. The van der Waals surface area contributed by atoms with Crippen molar-refractivity contribution in [1.82, 2.24) is 5.32 Å². The Labute approximate surface area is 151 Å². The number of carbonyl (C=O) groups is 1. The summed E-state index contributed by atoms with van der Waals surface area (Å²) in [5.41, 5.74) is 2.59. The molecule has 0 aromatic carbocycles. The number of nitrogens with one attached hydrogen (secondary N) is 1. The maximum absolute atomic E-state index is 12.6. The quantitative estimate of drug-likeness (QED) is 0.830. The summed E-state index contributed by atoms with van der Waals surface area (Å²) in [6.07, 6.45) is 12.2. The molecule has 2 heterocycles. The molecule has 2 spiro atoms. The summed E-state index contributed by atoms with van der Waals surface area (Å²) >= 11 is 0. The van der Waals surface area contributed by atoms with Gasteiger partial charge < -0.3 is 10.1 Å². The van der Waals surface area contributed by atoms with Crippen molar-refractivity contribution in [3.05, 3.63) is 23.3 Å². The molecule has 2 saturated carbocycles. The van der Waals surface area contributed by atoms with Gasteiger partial charge in [-0.2, -0.15) is 0 Å². The SMILES string of the molecule is CNC[C@H]1C[C@@]23CC[C@@]4(O2)C(=CC3=C[C@@H]1C)CC[C@]1(C)C(=O)CC[C@H]14. The van der Waals surface area contributed by atoms with E-state index in [1.54, 1.807) is 0 Å². The number of carbonyl (C=O) groups excluding carboxylic acids is 1. The third-order valence-corrected chi connectivity index (χ3v) is 8.46. The second kappa shape index (κ2) is 5.07. The molecule has 3 fully saturated rings. The Balaban J connectivity index is 1.59. The first-order valence-electron chi connectivity index (χ1n) is 10.2. The van der Waals surface area contributed by atoms with Gasteiger partial charge in [0.1, 0.15) is 5.78 Å². The van der Waals surface area contributed by atoms with Crippen LogP contribution in [0.25, 0.3) is 0 Å². The molecule has 5 aliphatic rings. The summed E-state index contributed by atoms with van der Waals surface area (Å²) in [6.45, 7) is 5.63. The highest BCUT2D eigenvalue weighted by atomic mass is 16.5. The van der Waals surface area contributed by atoms with Crippen LogP contribution in [0.5, 0.6) is 0 Å². The van der Waals surface area contributed by atoms with Gasteiger partial charge in [0.2, 0.25) is 0 Å². The normalized spacial score (nSPS) is 50.7. The van der Waals surface area contributed by atoms with Crippen LogP contribution in [0.15, 0.2) is 23.3 Å². The Morgan fingerprint density at radius 1 is 1.28 bits per heavy atom. The predicted octanol–water partition coefficient (Wildman–Crippen LogP) is 3.80. The monoisotopic (exact) mass is 341 g/mol. The van der Waals surface area contributed by atoms with Gasteiger partial charge in [0.05, 0.1) is 11.2 Å². The summed E-state index contributed by atoms with van der Waals surface area (Å²) < 4.78 is 7.12. The van der Waals surface area contributed by atoms with Crippen LogP contribution in [0.4, 0.5) is 0 Å². The maximum atomic E-state index is 12.6. The number of Topliss-reactive ketones (excluding diaryl/α,β-unsaturated/α-hetero) is 1. The second-order valence-corrected chi connectivity index (χ2v) is 9.59. The molecular formula is C22H31NO2. The van der Waals surface area contributed by atoms with Crippen LogP contribution in [0.1, 0.15) is 58.8 Å². The molecular weight excluding hydrogens is 310 g/mol. The zero-order valence-electron chi connectivity index (χ0n) is 15.9. The average Bonchev–Trinajstić information content (AvgIpc) is 3.06. The molecule has 3 aliphatic carbocycles. The number of ether oxygens (including phenoxy) is 1. The van der Waals surface area contributed by atoms with E-state index in [0.29, 0.717) is 23.5 Å². The summed E-state index contributed by atoms with van der Waals surface area (Å²) in [7, 11) is 2.05. The summed E-state index contributed by atoms with van der Waals surface area (Å²) in [6, 6.07) is 0. The van der Waals surface area contributed by atoms with Gasteiger partial charge in [0.25, 0.3) is 0 Å². The highest BCUT2D eigenvalue weighted by Crippen LogP contribution is 2.66. The minimum atomic E-state index is -0.142. The van der Waals surface area contributed by atoms with Crippen molar-refractivity contribution < 1.29 is 9.53 Å². The minimum Gasteiger partial charge on any atom is -0.359 e. The fourth-order valence-corrected chi connectivity index (χ4v) is 7.00. The molecule has 3 heteroatoms. The highest BCUT2D eigenvalue weighted by Gasteiger charge is 2.67. The van der Waals surface area contributed by atoms with Gasteiger partial charge in [-0.3, -0.25) is 4.79 Å². The van der Waals surface area contributed by atoms with Crippen LogP contribution < -0.4 is 5.32 Å². The smallest absolute Gasteiger partial charge is 0.139 e. The molecule has 1 N–H and O–H groups in total. The van der Waals surface area contributed by atoms with E-state index in [4.69, 9.17) is 4.74 Å². The molecule has 0 unspecified atom stereocenters. The van der Waals surface area contributed by atoms with Gasteiger partial charge >= 0.3 is 0 Å². The third kappa shape index (κ3) is 1.92. The van der Waals surface area contributed by atoms with Gasteiger partial charge in [-0.25, -0.2) is 0 Å². The van der Waals surface area contributed by atoms with Crippen LogP contribution in [-0.4, -0.2) is 30.6 Å². The summed E-state index contributed by atoms with van der Waals surface area (Å²) in [5, 5.41) is 3.38. The molecule has 3 nitrogen and oxygen atoms in total. The van der Waals surface area contributed by atoms with Crippen LogP contribution in [0, 0.1) is 23.2 Å². The van der Waals surface area contributed by atoms with Gasteiger partial charge in [-0.05, 0) is 75.1 Å². The second-order valence-electron chi connectivity index (χ2n) is 9.59. The zero-order valence-corrected chi connectivity index (χ0v) is 15.9. The average molecular weight is 341 g/mol. The molecule has 2 aliphatic heterocycles. The van der Waals surface area contributed by atoms with Crippen molar-refractivity contribution in [2.75, 3.05) is 13.6 Å². The van der Waals surface area contributed by atoms with Gasteiger partial charge in [-0.15, -0.1) is 0 Å². The van der Waals surface area contributed by atoms with Crippen LogP contribution in [-0.2, 0) is 9.53 Å². The number of allylic oxidation sites excluding steroid dienone is 1. The number of fused-ring (bicyclic) bond motifs is 1. The minimum absolute atomic E-state index is 0.0819. The van der Waals surface area contributed by atoms with Crippen LogP contribution in [0.2, 0.25) is 0 Å². The predicted molar refractivity (Wildman–Crippen MR) is 98.2 cm³/mol. The molecule has 0 aromatic heterocycles. The molecule has 0 radical (unpaired) electrons. The van der Waals surface area contributed by atoms with Crippen LogP contribution >= 0.6 is 0 Å². The summed E-state index contributed by atoms with van der Waals surface area (Å²) in [5.74, 6) is 2.13. The fourth-order valence-electron chi connectivity index (χ4n) is 7.00. The first kappa shape index (κ1) is 16.3. The Morgan fingerprint density at radius 2 is 2.12 bits per heavy atom. The van der Waals surface area contributed by atoms with E-state index >= 15 is 0 Å². The largest absolute Gasteiger partial charge is 0.359 e.